The van der Waals surface area contributed by atoms with Crippen LogP contribution >= 0.6 is 0 Å². The average molecular weight is 465 g/mol. The number of rotatable bonds is 6. The molecule has 1 aromatic carbocycles. The van der Waals surface area contributed by atoms with Gasteiger partial charge in [-0.15, -0.1) is 0 Å². The lowest BCUT2D eigenvalue weighted by Gasteiger charge is -2.27. The number of imide groups is 2. The van der Waals surface area contributed by atoms with Crippen molar-refractivity contribution in [3.63, 3.8) is 0 Å². The van der Waals surface area contributed by atoms with Crippen LogP contribution in [-0.2, 0) is 33.9 Å². The number of nitrogens with zero attached hydrogens (tertiary/aromatic N) is 3. The van der Waals surface area contributed by atoms with Crippen molar-refractivity contribution in [1.29, 1.82) is 0 Å². The number of ether oxygens (including phenoxy) is 1. The van der Waals surface area contributed by atoms with Gasteiger partial charge in [-0.1, -0.05) is 0 Å². The topological polar surface area (TPSA) is 140 Å². The summed E-state index contributed by atoms with van der Waals surface area (Å²) in [5.74, 6) is -2.43. The summed E-state index contributed by atoms with van der Waals surface area (Å²) >= 11 is 0. The molecule has 0 saturated carbocycles. The second-order valence-corrected chi connectivity index (χ2v) is 8.53. The summed E-state index contributed by atoms with van der Waals surface area (Å²) in [6, 6.07) is 5.28. The third-order valence-electron chi connectivity index (χ3n) is 6.21. The maximum absolute atomic E-state index is 12.9. The minimum absolute atomic E-state index is 0.0504. The number of carbonyl (C=O) groups is 5. The lowest BCUT2D eigenvalue weighted by Crippen LogP contribution is -2.54. The molecule has 11 nitrogen and oxygen atoms in total. The van der Waals surface area contributed by atoms with Crippen LogP contribution in [0.1, 0.15) is 57.8 Å². The number of carbonyl (C=O) groups excluding carboxylic acids is 5. The zero-order valence-corrected chi connectivity index (χ0v) is 18.3. The first-order valence-corrected chi connectivity index (χ1v) is 11.2. The largest absolute Gasteiger partial charge is 0.484 e. The van der Waals surface area contributed by atoms with Crippen LogP contribution in [0.5, 0.6) is 5.75 Å². The molecule has 4 heterocycles. The minimum atomic E-state index is -1.03. The van der Waals surface area contributed by atoms with Gasteiger partial charge in [0.05, 0.1) is 23.4 Å². The monoisotopic (exact) mass is 465 g/mol. The minimum Gasteiger partial charge on any atom is -0.484 e. The van der Waals surface area contributed by atoms with E-state index in [2.05, 4.69) is 15.7 Å². The van der Waals surface area contributed by atoms with Crippen LogP contribution in [0.2, 0.25) is 0 Å². The molecule has 34 heavy (non-hydrogen) atoms. The standard InChI is InChI=1S/C23H23N5O6/c29-19-7-6-18(21(31)25-19)28-22(32)16-5-4-15(10-17(16)23(28)33)34-12-20(30)24-11-13-9-14-3-1-2-8-27(14)26-13/h4-5,9-10,18H,1-3,6-8,11-12H2,(H,24,30)(H,25,29,31). The molecule has 0 aliphatic carbocycles. The summed E-state index contributed by atoms with van der Waals surface area (Å²) in [6.45, 7) is 0.915. The van der Waals surface area contributed by atoms with Gasteiger partial charge in [0.1, 0.15) is 11.8 Å². The van der Waals surface area contributed by atoms with Crippen molar-refractivity contribution in [2.24, 2.45) is 0 Å². The van der Waals surface area contributed by atoms with Crippen molar-refractivity contribution in [1.82, 2.24) is 25.3 Å². The van der Waals surface area contributed by atoms with Crippen molar-refractivity contribution in [2.45, 2.75) is 51.2 Å². The van der Waals surface area contributed by atoms with Crippen molar-refractivity contribution in [3.05, 3.63) is 46.8 Å². The highest BCUT2D eigenvalue weighted by Crippen LogP contribution is 2.30. The van der Waals surface area contributed by atoms with Crippen molar-refractivity contribution < 1.29 is 28.7 Å². The van der Waals surface area contributed by atoms with Gasteiger partial charge in [-0.2, -0.15) is 5.10 Å². The van der Waals surface area contributed by atoms with E-state index in [0.717, 1.165) is 36.4 Å². The fourth-order valence-electron chi connectivity index (χ4n) is 4.49. The van der Waals surface area contributed by atoms with Crippen LogP contribution in [0.4, 0.5) is 0 Å². The molecule has 0 bridgehead atoms. The lowest BCUT2D eigenvalue weighted by molar-refractivity contribution is -0.136. The van der Waals surface area contributed by atoms with Gasteiger partial charge >= 0.3 is 0 Å². The molecule has 0 spiro atoms. The van der Waals surface area contributed by atoms with Gasteiger partial charge in [0.25, 0.3) is 17.7 Å². The SMILES string of the molecule is O=C(COc1ccc2c(c1)C(=O)N(C1CCC(=O)NC1=O)C2=O)NCc1cc2n(n1)CCCC2. The van der Waals surface area contributed by atoms with Gasteiger partial charge in [-0.05, 0) is 49.9 Å². The Morgan fingerprint density at radius 2 is 1.91 bits per heavy atom. The summed E-state index contributed by atoms with van der Waals surface area (Å²) in [5, 5.41) is 9.41. The molecular weight excluding hydrogens is 442 g/mol. The van der Waals surface area contributed by atoms with Crippen LogP contribution in [0.15, 0.2) is 24.3 Å². The van der Waals surface area contributed by atoms with Gasteiger partial charge in [0.2, 0.25) is 11.8 Å². The van der Waals surface area contributed by atoms with E-state index in [1.54, 1.807) is 0 Å². The van der Waals surface area contributed by atoms with Crippen molar-refractivity contribution in [2.75, 3.05) is 6.61 Å². The van der Waals surface area contributed by atoms with Crippen LogP contribution in [0.25, 0.3) is 0 Å². The Morgan fingerprint density at radius 3 is 2.71 bits per heavy atom. The first kappa shape index (κ1) is 21.8. The van der Waals surface area contributed by atoms with E-state index < -0.39 is 29.7 Å². The predicted octanol–water partition coefficient (Wildman–Crippen LogP) is 0.316. The van der Waals surface area contributed by atoms with E-state index in [-0.39, 0.29) is 42.2 Å². The molecule has 176 valence electrons. The normalized spacial score (nSPS) is 19.5. The molecule has 1 aromatic heterocycles. The third kappa shape index (κ3) is 4.04. The quantitative estimate of drug-likeness (QED) is 0.586. The number of piperidine rings is 1. The van der Waals surface area contributed by atoms with Crippen LogP contribution in [-0.4, -0.2) is 56.9 Å². The van der Waals surface area contributed by atoms with E-state index >= 15 is 0 Å². The van der Waals surface area contributed by atoms with Crippen LogP contribution < -0.4 is 15.4 Å². The molecule has 11 heteroatoms. The molecule has 1 unspecified atom stereocenters. The smallest absolute Gasteiger partial charge is 0.262 e. The molecule has 3 aliphatic heterocycles. The lowest BCUT2D eigenvalue weighted by atomic mass is 10.0. The van der Waals surface area contributed by atoms with Crippen molar-refractivity contribution in [3.8, 4) is 5.75 Å². The fraction of sp³-hybridized carbons (Fsp3) is 0.391. The molecule has 2 N–H and O–H groups in total. The van der Waals surface area contributed by atoms with E-state index in [9.17, 15) is 24.0 Å². The molecule has 3 aliphatic rings. The van der Waals surface area contributed by atoms with E-state index in [1.807, 2.05) is 10.7 Å². The first-order valence-electron chi connectivity index (χ1n) is 11.2. The number of aromatic nitrogens is 2. The first-order chi connectivity index (χ1) is 16.4. The molecule has 0 radical (unpaired) electrons. The molecule has 5 rings (SSSR count). The van der Waals surface area contributed by atoms with Gasteiger partial charge in [-0.3, -0.25) is 38.9 Å². The Bertz CT molecular complexity index is 1190. The highest BCUT2D eigenvalue weighted by atomic mass is 16.5. The number of benzene rings is 1. The number of hydrogen-bond donors (Lipinski definition) is 2. The Morgan fingerprint density at radius 1 is 1.09 bits per heavy atom. The van der Waals surface area contributed by atoms with E-state index in [1.165, 1.54) is 23.9 Å². The number of nitrogens with one attached hydrogen (secondary N) is 2. The zero-order chi connectivity index (χ0) is 23.8. The van der Waals surface area contributed by atoms with Gasteiger partial charge in [-0.25, -0.2) is 0 Å². The Hall–Kier alpha value is -4.02. The number of amides is 5. The highest BCUT2D eigenvalue weighted by molar-refractivity contribution is 6.23. The van der Waals surface area contributed by atoms with Crippen LogP contribution in [0, 0.1) is 0 Å². The number of hydrogen-bond acceptors (Lipinski definition) is 7. The number of aryl methyl sites for hydroxylation is 2. The van der Waals surface area contributed by atoms with Crippen LogP contribution in [0.3, 0.4) is 0 Å². The van der Waals surface area contributed by atoms with E-state index in [4.69, 9.17) is 4.74 Å². The Labute approximate surface area is 194 Å². The fourth-order valence-corrected chi connectivity index (χ4v) is 4.49. The molecular formula is C23H23N5O6. The molecule has 1 fully saturated rings. The maximum Gasteiger partial charge on any atom is 0.262 e. The zero-order valence-electron chi connectivity index (χ0n) is 18.3. The summed E-state index contributed by atoms with van der Waals surface area (Å²) in [4.78, 5) is 62.2. The number of fused-ring (bicyclic) bond motifs is 2. The van der Waals surface area contributed by atoms with Crippen molar-refractivity contribution >= 4 is 29.5 Å². The van der Waals surface area contributed by atoms with E-state index in [0.29, 0.717) is 6.54 Å². The molecule has 2 aromatic rings. The van der Waals surface area contributed by atoms with Gasteiger partial charge < -0.3 is 10.1 Å². The Kier molecular flexibility index (Phi) is 5.60. The maximum atomic E-state index is 12.9. The predicted molar refractivity (Wildman–Crippen MR) is 116 cm³/mol. The van der Waals surface area contributed by atoms with Gasteiger partial charge in [0, 0.05) is 18.7 Å². The average Bonchev–Trinajstić information content (AvgIpc) is 3.35. The second-order valence-electron chi connectivity index (χ2n) is 8.53. The molecule has 1 saturated heterocycles. The summed E-state index contributed by atoms with van der Waals surface area (Å²) in [7, 11) is 0. The molecule has 5 amide bonds. The summed E-state index contributed by atoms with van der Waals surface area (Å²) in [5.41, 5.74) is 2.21. The summed E-state index contributed by atoms with van der Waals surface area (Å²) < 4.78 is 7.49. The third-order valence-corrected chi connectivity index (χ3v) is 6.21. The molecule has 1 atom stereocenters. The van der Waals surface area contributed by atoms with Gasteiger partial charge in [0.15, 0.2) is 6.61 Å². The highest BCUT2D eigenvalue weighted by Gasteiger charge is 2.44. The summed E-state index contributed by atoms with van der Waals surface area (Å²) in [6.07, 6.45) is 3.37. The second kappa shape index (κ2) is 8.73. The Balaban J connectivity index is 1.19.